The maximum Gasteiger partial charge on any atom is 0.436 e. The smallest absolute Gasteiger partial charge is 0.350 e. The van der Waals surface area contributed by atoms with E-state index in [2.05, 4.69) is 31.4 Å². The summed E-state index contributed by atoms with van der Waals surface area (Å²) in [6.45, 7) is 2.69. The van der Waals surface area contributed by atoms with Crippen molar-refractivity contribution in [3.05, 3.63) is 33.8 Å². The third-order valence-electron chi connectivity index (χ3n) is 3.96. The van der Waals surface area contributed by atoms with Gasteiger partial charge in [-0.2, -0.15) is 23.4 Å². The first-order chi connectivity index (χ1) is 11.8. The molecule has 3 rings (SSSR count). The molecule has 0 atom stereocenters. The van der Waals surface area contributed by atoms with E-state index in [1.807, 2.05) is 13.1 Å². The number of nitrogens with zero attached hydrogens (tertiary/aromatic N) is 4. The molecule has 0 bridgehead atoms. The van der Waals surface area contributed by atoms with E-state index in [1.54, 1.807) is 10.9 Å². The van der Waals surface area contributed by atoms with Crippen LogP contribution in [0.2, 0.25) is 0 Å². The largest absolute Gasteiger partial charge is 0.436 e. The predicted molar refractivity (Wildman–Crippen MR) is 86.7 cm³/mol. The minimum Gasteiger partial charge on any atom is -0.350 e. The fourth-order valence-electron chi connectivity index (χ4n) is 2.56. The van der Waals surface area contributed by atoms with Crippen molar-refractivity contribution in [2.75, 3.05) is 0 Å². The highest BCUT2D eigenvalue weighted by Gasteiger charge is 2.41. The normalized spacial score (nSPS) is 14.8. The van der Waals surface area contributed by atoms with Gasteiger partial charge in [-0.3, -0.25) is 14.2 Å². The van der Waals surface area contributed by atoms with Crippen LogP contribution in [-0.2, 0) is 30.6 Å². The Labute approximate surface area is 150 Å². The van der Waals surface area contributed by atoms with Crippen molar-refractivity contribution >= 4 is 21.8 Å². The first-order valence-electron chi connectivity index (χ1n) is 7.91. The highest BCUT2D eigenvalue weighted by molar-refractivity contribution is 9.10. The highest BCUT2D eigenvalue weighted by Crippen LogP contribution is 2.46. The van der Waals surface area contributed by atoms with Crippen molar-refractivity contribution in [2.45, 2.75) is 51.5 Å². The Morgan fingerprint density at radius 1 is 1.44 bits per heavy atom. The SMILES string of the molecule is CCn1cc(CNC(=O)Cn2nc(C(F)(F)F)c(Br)c2C2CC2)cn1. The monoisotopic (exact) mass is 419 g/mol. The molecule has 0 aliphatic heterocycles. The fraction of sp³-hybridized carbons (Fsp3) is 0.533. The van der Waals surface area contributed by atoms with Gasteiger partial charge in [-0.15, -0.1) is 0 Å². The van der Waals surface area contributed by atoms with Crippen LogP contribution in [0.4, 0.5) is 13.2 Å². The molecular weight excluding hydrogens is 403 g/mol. The van der Waals surface area contributed by atoms with Gasteiger partial charge in [0.05, 0.1) is 16.4 Å². The van der Waals surface area contributed by atoms with Gasteiger partial charge in [0.25, 0.3) is 0 Å². The zero-order valence-electron chi connectivity index (χ0n) is 13.5. The molecule has 1 aliphatic rings. The first kappa shape index (κ1) is 18.0. The van der Waals surface area contributed by atoms with Crippen LogP contribution in [0.25, 0.3) is 0 Å². The van der Waals surface area contributed by atoms with E-state index in [-0.39, 0.29) is 23.5 Å². The average molecular weight is 420 g/mol. The molecule has 1 amide bonds. The van der Waals surface area contributed by atoms with Gasteiger partial charge in [-0.25, -0.2) is 0 Å². The van der Waals surface area contributed by atoms with Crippen molar-refractivity contribution in [3.63, 3.8) is 0 Å². The van der Waals surface area contributed by atoms with Gasteiger partial charge in [0.1, 0.15) is 6.54 Å². The number of hydrogen-bond donors (Lipinski definition) is 1. The standard InChI is InChI=1S/C15H17BrF3N5O/c1-2-23-7-9(6-21-23)5-20-11(25)8-24-13(10-3-4-10)12(16)14(22-24)15(17,18)19/h6-7,10H,2-5,8H2,1H3,(H,20,25). The lowest BCUT2D eigenvalue weighted by Gasteiger charge is -2.07. The van der Waals surface area contributed by atoms with Crippen LogP contribution in [0.3, 0.4) is 0 Å². The predicted octanol–water partition coefficient (Wildman–Crippen LogP) is 3.07. The highest BCUT2D eigenvalue weighted by atomic mass is 79.9. The maximum absolute atomic E-state index is 13.1. The average Bonchev–Trinajstić information content (AvgIpc) is 3.16. The lowest BCUT2D eigenvalue weighted by Crippen LogP contribution is -2.28. The minimum atomic E-state index is -4.56. The molecule has 1 N–H and O–H groups in total. The molecule has 6 nitrogen and oxygen atoms in total. The summed E-state index contributed by atoms with van der Waals surface area (Å²) in [5.41, 5.74) is 0.294. The lowest BCUT2D eigenvalue weighted by atomic mass is 10.2. The summed E-state index contributed by atoms with van der Waals surface area (Å²) in [5.74, 6) is -0.372. The summed E-state index contributed by atoms with van der Waals surface area (Å²) in [6, 6.07) is 0. The molecule has 0 radical (unpaired) electrons. The Morgan fingerprint density at radius 2 is 2.16 bits per heavy atom. The first-order valence-corrected chi connectivity index (χ1v) is 8.70. The van der Waals surface area contributed by atoms with Gasteiger partial charge in [0, 0.05) is 30.8 Å². The van der Waals surface area contributed by atoms with Gasteiger partial charge in [-0.1, -0.05) is 0 Å². The van der Waals surface area contributed by atoms with E-state index in [0.29, 0.717) is 5.69 Å². The molecule has 0 aromatic carbocycles. The van der Waals surface area contributed by atoms with Crippen LogP contribution in [0, 0.1) is 0 Å². The quantitative estimate of drug-likeness (QED) is 0.782. The lowest BCUT2D eigenvalue weighted by molar-refractivity contribution is -0.142. The van der Waals surface area contributed by atoms with Crippen LogP contribution in [0.15, 0.2) is 16.9 Å². The molecule has 1 saturated carbocycles. The van der Waals surface area contributed by atoms with Gasteiger partial charge in [-0.05, 0) is 35.7 Å². The Balaban J connectivity index is 1.70. The molecule has 25 heavy (non-hydrogen) atoms. The van der Waals surface area contributed by atoms with E-state index in [9.17, 15) is 18.0 Å². The number of nitrogens with one attached hydrogen (secondary N) is 1. The Kier molecular flexibility index (Phi) is 4.90. The zero-order chi connectivity index (χ0) is 18.2. The van der Waals surface area contributed by atoms with E-state index in [1.165, 1.54) is 0 Å². The molecule has 2 aromatic heterocycles. The number of alkyl halides is 3. The second-order valence-electron chi connectivity index (χ2n) is 5.96. The van der Waals surface area contributed by atoms with E-state index in [0.717, 1.165) is 29.6 Å². The van der Waals surface area contributed by atoms with E-state index < -0.39 is 17.8 Å². The van der Waals surface area contributed by atoms with Crippen LogP contribution in [-0.4, -0.2) is 25.5 Å². The van der Waals surface area contributed by atoms with Crippen molar-refractivity contribution in [1.29, 1.82) is 0 Å². The van der Waals surface area contributed by atoms with Crippen molar-refractivity contribution in [1.82, 2.24) is 24.9 Å². The third kappa shape index (κ3) is 4.05. The van der Waals surface area contributed by atoms with Crippen molar-refractivity contribution in [3.8, 4) is 0 Å². The summed E-state index contributed by atoms with van der Waals surface area (Å²) < 4.78 is 42.0. The summed E-state index contributed by atoms with van der Waals surface area (Å²) in [6.07, 6.45) is 0.506. The molecule has 0 saturated heterocycles. The number of hydrogen-bond acceptors (Lipinski definition) is 3. The van der Waals surface area contributed by atoms with Crippen LogP contribution < -0.4 is 5.32 Å². The van der Waals surface area contributed by atoms with E-state index in [4.69, 9.17) is 0 Å². The molecule has 0 spiro atoms. The molecule has 136 valence electrons. The minimum absolute atomic E-state index is 0.0218. The summed E-state index contributed by atoms with van der Waals surface area (Å²) in [7, 11) is 0. The number of aromatic nitrogens is 4. The number of rotatable bonds is 6. The molecule has 2 heterocycles. The van der Waals surface area contributed by atoms with Gasteiger partial charge in [0.15, 0.2) is 5.69 Å². The summed E-state index contributed by atoms with van der Waals surface area (Å²) in [5, 5.41) is 10.4. The Bertz CT molecular complexity index is 779. The Hall–Kier alpha value is -1.84. The fourth-order valence-corrected chi connectivity index (χ4v) is 3.40. The molecular formula is C15H17BrF3N5O. The zero-order valence-corrected chi connectivity index (χ0v) is 15.1. The number of carbonyl (C=O) groups excluding carboxylic acids is 1. The number of amides is 1. The van der Waals surface area contributed by atoms with Crippen molar-refractivity contribution in [2.24, 2.45) is 0 Å². The topological polar surface area (TPSA) is 64.7 Å². The third-order valence-corrected chi connectivity index (χ3v) is 4.74. The summed E-state index contributed by atoms with van der Waals surface area (Å²) >= 11 is 3.01. The van der Waals surface area contributed by atoms with E-state index >= 15 is 0 Å². The molecule has 2 aromatic rings. The second-order valence-corrected chi connectivity index (χ2v) is 6.75. The van der Waals surface area contributed by atoms with Gasteiger partial charge in [0.2, 0.25) is 5.91 Å². The maximum atomic E-state index is 13.1. The van der Waals surface area contributed by atoms with Crippen LogP contribution in [0.1, 0.15) is 42.6 Å². The van der Waals surface area contributed by atoms with Crippen LogP contribution >= 0.6 is 15.9 Å². The molecule has 0 unspecified atom stereocenters. The molecule has 1 aliphatic carbocycles. The summed E-state index contributed by atoms with van der Waals surface area (Å²) in [4.78, 5) is 12.1. The molecule has 1 fully saturated rings. The number of carbonyl (C=O) groups is 1. The number of aryl methyl sites for hydroxylation is 1. The van der Waals surface area contributed by atoms with Gasteiger partial charge < -0.3 is 5.32 Å². The Morgan fingerprint density at radius 3 is 2.72 bits per heavy atom. The van der Waals surface area contributed by atoms with Crippen LogP contribution in [0.5, 0.6) is 0 Å². The molecule has 10 heteroatoms. The van der Waals surface area contributed by atoms with Gasteiger partial charge >= 0.3 is 6.18 Å². The second kappa shape index (κ2) is 6.81. The van der Waals surface area contributed by atoms with Crippen molar-refractivity contribution < 1.29 is 18.0 Å². The number of halogens is 4.